The van der Waals surface area contributed by atoms with Crippen LogP contribution in [-0.4, -0.2) is 0 Å². The monoisotopic (exact) mass is 356 g/mol. The number of pyridine rings is 2. The number of hydrogen-bond donors (Lipinski definition) is 0. The van der Waals surface area contributed by atoms with E-state index in [2.05, 4.69) is 34.2 Å². The number of nitrogens with one attached hydrogen (secondary N) is 2. The molecule has 0 bridgehead atoms. The van der Waals surface area contributed by atoms with Gasteiger partial charge in [0.15, 0.2) is 24.8 Å². The predicted octanol–water partition coefficient (Wildman–Crippen LogP) is -8.53. The molecule has 12 heteroatoms. The van der Waals surface area contributed by atoms with Crippen LogP contribution in [0.25, 0.3) is 11.1 Å². The van der Waals surface area contributed by atoms with Crippen molar-refractivity contribution in [2.75, 3.05) is 0 Å². The van der Waals surface area contributed by atoms with Crippen molar-refractivity contribution in [2.45, 2.75) is 0 Å². The van der Waals surface area contributed by atoms with Crippen molar-refractivity contribution in [1.82, 2.24) is 0 Å². The molecule has 0 amide bonds. The minimum Gasteiger partial charge on any atom is -0.222 e. The first kappa shape index (κ1) is 20.6. The lowest BCUT2D eigenvalue weighted by Gasteiger charge is -2.17. The lowest BCUT2D eigenvalue weighted by Crippen LogP contribution is -2.68. The topological polar surface area (TPSA) is 213 Å². The van der Waals surface area contributed by atoms with E-state index in [9.17, 15) is 0 Å². The number of H-pyrrole nitrogens is 2. The molecule has 22 heavy (non-hydrogen) atoms. The lowest BCUT2D eigenvalue weighted by molar-refractivity contribution is -2.00. The maximum atomic E-state index is 8.49. The summed E-state index contributed by atoms with van der Waals surface area (Å²) in [6.07, 6.45) is 7.69. The average molecular weight is 357 g/mol. The van der Waals surface area contributed by atoms with E-state index in [0.29, 0.717) is 0 Å². The molecule has 2 heterocycles. The Morgan fingerprint density at radius 2 is 0.682 bits per heavy atom. The minimum absolute atomic E-state index is 1.22. The van der Waals surface area contributed by atoms with E-state index < -0.39 is 20.5 Å². The summed E-state index contributed by atoms with van der Waals surface area (Å²) in [6.45, 7) is 0. The third-order valence-corrected chi connectivity index (χ3v) is 1.77. The Morgan fingerprint density at radius 1 is 0.500 bits per heavy atom. The third-order valence-electron chi connectivity index (χ3n) is 1.77. The zero-order valence-electron chi connectivity index (χ0n) is 10.6. The molecule has 0 aliphatic rings. The van der Waals surface area contributed by atoms with Crippen LogP contribution >= 0.6 is 0 Å². The Morgan fingerprint density at radius 3 is 0.864 bits per heavy atom. The van der Waals surface area contributed by atoms with Gasteiger partial charge in [0.2, 0.25) is 0 Å². The van der Waals surface area contributed by atoms with Crippen LogP contribution in [0.15, 0.2) is 49.1 Å². The predicted molar refractivity (Wildman–Crippen MR) is 45.0 cm³/mol. The summed E-state index contributed by atoms with van der Waals surface area (Å²) in [5.41, 5.74) is 2.45. The molecule has 0 fully saturated rings. The van der Waals surface area contributed by atoms with E-state index >= 15 is 0 Å². The molecule has 0 aliphatic carbocycles. The molecule has 0 spiro atoms. The molecule has 2 rings (SSSR count). The van der Waals surface area contributed by atoms with Gasteiger partial charge in [-0.15, -0.1) is 20.5 Å². The highest BCUT2D eigenvalue weighted by Gasteiger charge is 1.97. The first-order valence-corrected chi connectivity index (χ1v) is 7.60. The van der Waals surface area contributed by atoms with E-state index in [1.807, 2.05) is 24.8 Å². The molecular formula is C10H10Cl2N2O8. The largest absolute Gasteiger partial charge is 0.222 e. The van der Waals surface area contributed by atoms with Gasteiger partial charge < -0.3 is 0 Å². The Hall–Kier alpha value is -1.44. The van der Waals surface area contributed by atoms with Crippen molar-refractivity contribution in [3.05, 3.63) is 49.1 Å². The van der Waals surface area contributed by atoms with Gasteiger partial charge in [0.25, 0.3) is 0 Å². The molecular weight excluding hydrogens is 347 g/mol. The number of rotatable bonds is 1. The maximum Gasteiger partial charge on any atom is 0.167 e. The van der Waals surface area contributed by atoms with Crippen molar-refractivity contribution in [3.63, 3.8) is 0 Å². The maximum absolute atomic E-state index is 8.49. The fourth-order valence-electron chi connectivity index (χ4n) is 1.16. The second-order valence-electron chi connectivity index (χ2n) is 3.33. The molecule has 0 unspecified atom stereocenters. The standard InChI is InChI=1S/C10H8N2.2ClHO4/c1-5-11-6-2-9(1)10-3-7-12-8-4-10;2*2-1(3,4)5/h1-8H;2*(H,2,3,4,5). The van der Waals surface area contributed by atoms with Crippen molar-refractivity contribution in [3.8, 4) is 11.1 Å². The zero-order chi connectivity index (χ0) is 17.2. The molecule has 0 atom stereocenters. The fraction of sp³-hybridized carbons (Fsp3) is 0. The Balaban J connectivity index is 0.000000372. The highest BCUT2D eigenvalue weighted by atomic mass is 35.7. The fourth-order valence-corrected chi connectivity index (χ4v) is 1.16. The zero-order valence-corrected chi connectivity index (χ0v) is 12.2. The van der Waals surface area contributed by atoms with Gasteiger partial charge in [0.1, 0.15) is 0 Å². The normalized spacial score (nSPS) is 10.7. The van der Waals surface area contributed by atoms with Gasteiger partial charge in [-0.05, 0) is 11.1 Å². The van der Waals surface area contributed by atoms with Gasteiger partial charge >= 0.3 is 0 Å². The molecule has 122 valence electrons. The van der Waals surface area contributed by atoms with Crippen LogP contribution < -0.4 is 47.2 Å². The highest BCUT2D eigenvalue weighted by molar-refractivity contribution is 5.60. The summed E-state index contributed by atoms with van der Waals surface area (Å²) >= 11 is 0. The molecule has 0 saturated heterocycles. The Labute approximate surface area is 128 Å². The van der Waals surface area contributed by atoms with Crippen molar-refractivity contribution >= 4 is 0 Å². The smallest absolute Gasteiger partial charge is 0.167 e. The number of aromatic nitrogens is 2. The summed E-state index contributed by atoms with van der Waals surface area (Å²) in [4.78, 5) is 5.99. The van der Waals surface area contributed by atoms with Gasteiger partial charge in [0, 0.05) is 24.3 Å². The first-order chi connectivity index (χ1) is 9.97. The minimum atomic E-state index is -4.94. The van der Waals surface area contributed by atoms with Crippen LogP contribution in [-0.2, 0) is 0 Å². The molecule has 0 aliphatic heterocycles. The second-order valence-corrected chi connectivity index (χ2v) is 4.85. The van der Waals surface area contributed by atoms with Crippen LogP contribution in [0.2, 0.25) is 0 Å². The molecule has 2 aromatic rings. The van der Waals surface area contributed by atoms with Crippen LogP contribution in [0.1, 0.15) is 0 Å². The van der Waals surface area contributed by atoms with Gasteiger partial charge in [-0.2, -0.15) is 0 Å². The third kappa shape index (κ3) is 16.6. The quantitative estimate of drug-likeness (QED) is 0.476. The van der Waals surface area contributed by atoms with E-state index in [1.165, 1.54) is 11.1 Å². The molecule has 2 N–H and O–H groups in total. The van der Waals surface area contributed by atoms with Crippen molar-refractivity contribution in [2.24, 2.45) is 0 Å². The van der Waals surface area contributed by atoms with Gasteiger partial charge in [0.05, 0.1) is 0 Å². The molecule has 0 saturated carbocycles. The molecule has 2 aromatic heterocycles. The van der Waals surface area contributed by atoms with Crippen molar-refractivity contribution < 1.29 is 67.7 Å². The van der Waals surface area contributed by atoms with E-state index in [1.54, 1.807) is 0 Å². The van der Waals surface area contributed by atoms with Gasteiger partial charge in [-0.3, -0.25) is 0 Å². The van der Waals surface area contributed by atoms with Crippen LogP contribution in [0, 0.1) is 20.5 Å². The molecule has 0 aromatic carbocycles. The lowest BCUT2D eigenvalue weighted by atomic mass is 10.1. The summed E-state index contributed by atoms with van der Waals surface area (Å²) in [5, 5.41) is 0. The first-order valence-electron chi connectivity index (χ1n) is 5.13. The SMILES string of the molecule is [O-][Cl+3]([O-])([O-])[O-].[O-][Cl+3]([O-])([O-])[O-].c1cc(-c2cc[nH+]cc2)cc[nH+]1. The average Bonchev–Trinajstić information content (AvgIpc) is 2.37. The van der Waals surface area contributed by atoms with Gasteiger partial charge in [-0.1, -0.05) is 0 Å². The summed E-state index contributed by atoms with van der Waals surface area (Å²) in [6, 6.07) is 8.20. The van der Waals surface area contributed by atoms with Crippen molar-refractivity contribution in [1.29, 1.82) is 0 Å². The van der Waals surface area contributed by atoms with Gasteiger partial charge in [-0.25, -0.2) is 47.2 Å². The summed E-state index contributed by atoms with van der Waals surface area (Å²) in [7, 11) is -9.89. The summed E-state index contributed by atoms with van der Waals surface area (Å²) in [5.74, 6) is 0. The van der Waals surface area contributed by atoms with E-state index in [-0.39, 0.29) is 0 Å². The Bertz CT molecular complexity index is 456. The van der Waals surface area contributed by atoms with Crippen LogP contribution in [0.5, 0.6) is 0 Å². The number of hydrogen-bond acceptors (Lipinski definition) is 8. The van der Waals surface area contributed by atoms with Crippen LogP contribution in [0.4, 0.5) is 0 Å². The molecule has 10 nitrogen and oxygen atoms in total. The second kappa shape index (κ2) is 9.55. The number of aromatic amines is 2. The number of halogens is 2. The summed E-state index contributed by atoms with van der Waals surface area (Å²) < 4.78 is 67.9. The van der Waals surface area contributed by atoms with Crippen LogP contribution in [0.3, 0.4) is 0 Å². The molecule has 0 radical (unpaired) electrons. The van der Waals surface area contributed by atoms with E-state index in [4.69, 9.17) is 37.3 Å². The van der Waals surface area contributed by atoms with E-state index in [0.717, 1.165) is 0 Å². The Kier molecular flexibility index (Phi) is 8.93. The highest BCUT2D eigenvalue weighted by Crippen LogP contribution is 2.14.